The largest absolute Gasteiger partial charge is 0.451 e. The van der Waals surface area contributed by atoms with Gasteiger partial charge in [-0.15, -0.1) is 0 Å². The summed E-state index contributed by atoms with van der Waals surface area (Å²) >= 11 is 0. The molecule has 0 radical (unpaired) electrons. The van der Waals surface area contributed by atoms with Crippen LogP contribution in [-0.4, -0.2) is 31.7 Å². The molecule has 7 heteroatoms. The molecule has 2 heterocycles. The molecule has 2 aromatic carbocycles. The molecule has 31 heavy (non-hydrogen) atoms. The lowest BCUT2D eigenvalue weighted by Gasteiger charge is -2.34. The van der Waals surface area contributed by atoms with Crippen LogP contribution in [0, 0.1) is 18.8 Å². The van der Waals surface area contributed by atoms with Gasteiger partial charge < -0.3 is 9.73 Å². The molecule has 1 aliphatic heterocycles. The van der Waals surface area contributed by atoms with E-state index >= 15 is 0 Å². The molecule has 1 aliphatic rings. The summed E-state index contributed by atoms with van der Waals surface area (Å²) in [4.78, 5) is 12.9. The molecule has 0 saturated carbocycles. The number of aryl methyl sites for hydroxylation is 1. The molecular formula is C24H28N2O4S. The molecule has 1 saturated heterocycles. The van der Waals surface area contributed by atoms with Crippen molar-refractivity contribution in [1.82, 2.24) is 9.62 Å². The van der Waals surface area contributed by atoms with Gasteiger partial charge in [-0.25, -0.2) is 8.42 Å². The van der Waals surface area contributed by atoms with E-state index < -0.39 is 10.0 Å². The van der Waals surface area contributed by atoms with E-state index in [0.717, 1.165) is 12.0 Å². The summed E-state index contributed by atoms with van der Waals surface area (Å²) in [6.07, 6.45) is 1.04. The van der Waals surface area contributed by atoms with Crippen LogP contribution in [0.25, 0.3) is 11.0 Å². The fraction of sp³-hybridized carbons (Fsp3) is 0.375. The summed E-state index contributed by atoms with van der Waals surface area (Å²) in [5, 5.41) is 3.51. The summed E-state index contributed by atoms with van der Waals surface area (Å²) in [5.41, 5.74) is 2.13. The lowest BCUT2D eigenvalue weighted by Crippen LogP contribution is -2.42. The van der Waals surface area contributed by atoms with E-state index in [1.165, 1.54) is 0 Å². The molecule has 1 fully saturated rings. The van der Waals surface area contributed by atoms with Crippen molar-refractivity contribution in [3.63, 3.8) is 0 Å². The number of nitrogens with one attached hydrogen (secondary N) is 1. The van der Waals surface area contributed by atoms with Gasteiger partial charge in [-0.3, -0.25) is 4.79 Å². The van der Waals surface area contributed by atoms with Crippen LogP contribution in [-0.2, 0) is 16.6 Å². The lowest BCUT2D eigenvalue weighted by molar-refractivity contribution is 0.0924. The third-order valence-corrected chi connectivity index (χ3v) is 7.71. The van der Waals surface area contributed by atoms with Crippen LogP contribution in [0.3, 0.4) is 0 Å². The van der Waals surface area contributed by atoms with Gasteiger partial charge in [-0.2, -0.15) is 4.31 Å². The number of hydrogen-bond donors (Lipinski definition) is 1. The molecule has 1 N–H and O–H groups in total. The summed E-state index contributed by atoms with van der Waals surface area (Å²) in [6.45, 7) is 7.40. The molecule has 164 valence electrons. The highest BCUT2D eigenvalue weighted by atomic mass is 32.2. The second-order valence-electron chi connectivity index (χ2n) is 8.65. The fourth-order valence-corrected chi connectivity index (χ4v) is 6.09. The Labute approximate surface area is 183 Å². The molecule has 3 aromatic rings. The van der Waals surface area contributed by atoms with Crippen LogP contribution in [0.1, 0.15) is 41.9 Å². The standard InChI is InChI=1S/C24H28N2O4S/c1-16-11-17(2)15-26(14-16)31(28,29)20-9-10-22-21(12-20)18(3)23(30-22)24(27)25-13-19-7-5-4-6-8-19/h4-10,12,16-17H,11,13-15H2,1-3H3,(H,25,27)/t16-,17+. The molecule has 1 amide bonds. The lowest BCUT2D eigenvalue weighted by atomic mass is 9.94. The van der Waals surface area contributed by atoms with Gasteiger partial charge in [0.1, 0.15) is 5.58 Å². The van der Waals surface area contributed by atoms with E-state index in [9.17, 15) is 13.2 Å². The number of benzene rings is 2. The van der Waals surface area contributed by atoms with E-state index in [1.54, 1.807) is 29.4 Å². The maximum atomic E-state index is 13.2. The monoisotopic (exact) mass is 440 g/mol. The second kappa shape index (κ2) is 8.48. The molecular weight excluding hydrogens is 412 g/mol. The Balaban J connectivity index is 1.60. The first-order valence-corrected chi connectivity index (χ1v) is 12.0. The molecule has 0 aliphatic carbocycles. The molecule has 0 bridgehead atoms. The zero-order valence-corrected chi connectivity index (χ0v) is 18.9. The van der Waals surface area contributed by atoms with Gasteiger partial charge in [0.2, 0.25) is 10.0 Å². The number of sulfonamides is 1. The Bertz CT molecular complexity index is 1190. The number of piperidine rings is 1. The normalized spacial score (nSPS) is 20.1. The smallest absolute Gasteiger partial charge is 0.287 e. The van der Waals surface area contributed by atoms with Crippen molar-refractivity contribution in [2.45, 2.75) is 38.6 Å². The van der Waals surface area contributed by atoms with Crippen LogP contribution in [0.2, 0.25) is 0 Å². The van der Waals surface area contributed by atoms with Crippen molar-refractivity contribution in [3.05, 3.63) is 65.4 Å². The van der Waals surface area contributed by atoms with Crippen molar-refractivity contribution >= 4 is 26.9 Å². The molecule has 2 atom stereocenters. The first-order valence-electron chi connectivity index (χ1n) is 10.6. The Kier molecular flexibility index (Phi) is 5.90. The molecule has 0 spiro atoms. The predicted molar refractivity (Wildman–Crippen MR) is 120 cm³/mol. The average molecular weight is 441 g/mol. The van der Waals surface area contributed by atoms with Crippen molar-refractivity contribution in [2.24, 2.45) is 11.8 Å². The van der Waals surface area contributed by atoms with E-state index in [-0.39, 0.29) is 16.6 Å². The van der Waals surface area contributed by atoms with E-state index in [1.807, 2.05) is 30.3 Å². The average Bonchev–Trinajstić information content (AvgIpc) is 3.08. The second-order valence-corrected chi connectivity index (χ2v) is 10.6. The van der Waals surface area contributed by atoms with Crippen LogP contribution in [0.5, 0.6) is 0 Å². The summed E-state index contributed by atoms with van der Waals surface area (Å²) in [5.74, 6) is 0.553. The number of carbonyl (C=O) groups is 1. The third kappa shape index (κ3) is 4.38. The van der Waals surface area contributed by atoms with Gasteiger partial charge >= 0.3 is 0 Å². The molecule has 4 rings (SSSR count). The minimum atomic E-state index is -3.60. The highest BCUT2D eigenvalue weighted by molar-refractivity contribution is 7.89. The zero-order valence-electron chi connectivity index (χ0n) is 18.1. The van der Waals surface area contributed by atoms with Crippen molar-refractivity contribution in [3.8, 4) is 0 Å². The van der Waals surface area contributed by atoms with Crippen molar-refractivity contribution in [2.75, 3.05) is 13.1 Å². The first-order chi connectivity index (χ1) is 14.8. The molecule has 0 unspecified atom stereocenters. The van der Waals surface area contributed by atoms with Crippen molar-refractivity contribution in [1.29, 1.82) is 0 Å². The Morgan fingerprint density at radius 1 is 1.10 bits per heavy atom. The van der Waals surface area contributed by atoms with Crippen LogP contribution >= 0.6 is 0 Å². The van der Waals surface area contributed by atoms with Crippen LogP contribution < -0.4 is 5.32 Å². The highest BCUT2D eigenvalue weighted by Gasteiger charge is 2.32. The topological polar surface area (TPSA) is 79.6 Å². The van der Waals surface area contributed by atoms with Gasteiger partial charge in [0, 0.05) is 30.6 Å². The van der Waals surface area contributed by atoms with Gasteiger partial charge in [-0.05, 0) is 48.9 Å². The Morgan fingerprint density at radius 3 is 2.45 bits per heavy atom. The molecule has 1 aromatic heterocycles. The highest BCUT2D eigenvalue weighted by Crippen LogP contribution is 2.31. The number of hydrogen-bond acceptors (Lipinski definition) is 4. The minimum absolute atomic E-state index is 0.209. The first kappa shape index (κ1) is 21.6. The summed E-state index contributed by atoms with van der Waals surface area (Å²) in [7, 11) is -3.60. The quantitative estimate of drug-likeness (QED) is 0.640. The van der Waals surface area contributed by atoms with E-state index in [2.05, 4.69) is 19.2 Å². The number of amides is 1. The fourth-order valence-electron chi connectivity index (χ4n) is 4.39. The zero-order chi connectivity index (χ0) is 22.2. The number of fused-ring (bicyclic) bond motifs is 1. The maximum Gasteiger partial charge on any atom is 0.287 e. The number of carbonyl (C=O) groups excluding carboxylic acids is 1. The predicted octanol–water partition coefficient (Wildman–Crippen LogP) is 4.34. The van der Waals surface area contributed by atoms with Crippen molar-refractivity contribution < 1.29 is 17.6 Å². The number of furan rings is 1. The Hall–Kier alpha value is -2.64. The SMILES string of the molecule is Cc1c(C(=O)NCc2ccccc2)oc2ccc(S(=O)(=O)N3C[C@H](C)C[C@H](C)C3)cc12. The maximum absolute atomic E-state index is 13.2. The van der Waals surface area contributed by atoms with Gasteiger partial charge in [-0.1, -0.05) is 44.2 Å². The third-order valence-electron chi connectivity index (χ3n) is 5.88. The Morgan fingerprint density at radius 2 is 1.77 bits per heavy atom. The summed E-state index contributed by atoms with van der Waals surface area (Å²) in [6, 6.07) is 14.5. The number of nitrogens with zero attached hydrogens (tertiary/aromatic N) is 1. The van der Waals surface area contributed by atoms with Gasteiger partial charge in [0.15, 0.2) is 5.76 Å². The van der Waals surface area contributed by atoms with Crippen LogP contribution in [0.4, 0.5) is 0 Å². The number of rotatable bonds is 5. The van der Waals surface area contributed by atoms with E-state index in [4.69, 9.17) is 4.42 Å². The van der Waals surface area contributed by atoms with Crippen LogP contribution in [0.15, 0.2) is 57.8 Å². The van der Waals surface area contributed by atoms with Gasteiger partial charge in [0.25, 0.3) is 5.91 Å². The summed E-state index contributed by atoms with van der Waals surface area (Å²) < 4.78 is 33.9. The van der Waals surface area contributed by atoms with Gasteiger partial charge in [0.05, 0.1) is 4.90 Å². The minimum Gasteiger partial charge on any atom is -0.451 e. The molecule has 6 nitrogen and oxygen atoms in total. The van der Waals surface area contributed by atoms with E-state index in [0.29, 0.717) is 48.0 Å².